The minimum Gasteiger partial charge on any atom is -0.361 e. The zero-order valence-corrected chi connectivity index (χ0v) is 16.9. The van der Waals surface area contributed by atoms with Gasteiger partial charge < -0.3 is 15.6 Å². The van der Waals surface area contributed by atoms with Crippen LogP contribution in [0.4, 0.5) is 4.39 Å². The van der Waals surface area contributed by atoms with Crippen LogP contribution in [0, 0.1) is 5.82 Å². The first-order valence-electron chi connectivity index (χ1n) is 10.1. The van der Waals surface area contributed by atoms with Crippen LogP contribution in [0.3, 0.4) is 0 Å². The number of hydrogen-bond donors (Lipinski definition) is 3. The summed E-state index contributed by atoms with van der Waals surface area (Å²) in [5.41, 5.74) is 4.18. The van der Waals surface area contributed by atoms with Crippen LogP contribution in [0.1, 0.15) is 18.1 Å². The molecule has 0 aliphatic heterocycles. The zero-order valence-electron chi connectivity index (χ0n) is 16.9. The van der Waals surface area contributed by atoms with Crippen molar-refractivity contribution in [2.24, 2.45) is 4.99 Å². The molecule has 4 rings (SSSR count). The van der Waals surface area contributed by atoms with E-state index in [1.807, 2.05) is 42.2 Å². The lowest BCUT2D eigenvalue weighted by Crippen LogP contribution is -2.38. The first kappa shape index (κ1) is 19.7. The second-order valence-electron chi connectivity index (χ2n) is 6.99. The number of H-pyrrole nitrogens is 1. The summed E-state index contributed by atoms with van der Waals surface area (Å²) < 4.78 is 15.4. The molecule has 3 N–H and O–H groups in total. The molecule has 0 saturated heterocycles. The van der Waals surface area contributed by atoms with Crippen molar-refractivity contribution in [2.75, 3.05) is 13.1 Å². The molecule has 0 saturated carbocycles. The molecule has 4 aromatic rings. The lowest BCUT2D eigenvalue weighted by atomic mass is 10.1. The van der Waals surface area contributed by atoms with E-state index in [4.69, 9.17) is 0 Å². The Hall–Kier alpha value is -3.61. The number of fused-ring (bicyclic) bond motifs is 1. The van der Waals surface area contributed by atoms with Crippen LogP contribution in [0.5, 0.6) is 0 Å². The molecule has 0 radical (unpaired) electrons. The third kappa shape index (κ3) is 4.68. The van der Waals surface area contributed by atoms with E-state index < -0.39 is 0 Å². The number of nitrogens with zero attached hydrogens (tertiary/aromatic N) is 3. The van der Waals surface area contributed by atoms with Crippen LogP contribution in [0.25, 0.3) is 16.6 Å². The van der Waals surface area contributed by atoms with Gasteiger partial charge in [0.25, 0.3) is 0 Å². The van der Waals surface area contributed by atoms with Gasteiger partial charge in [-0.3, -0.25) is 0 Å². The molecule has 2 aromatic carbocycles. The van der Waals surface area contributed by atoms with Gasteiger partial charge in [-0.05, 0) is 60.9 Å². The Balaban J connectivity index is 1.36. The molecule has 0 aliphatic carbocycles. The summed E-state index contributed by atoms with van der Waals surface area (Å²) in [5, 5.41) is 11.8. The Kier molecular flexibility index (Phi) is 6.08. The van der Waals surface area contributed by atoms with Crippen molar-refractivity contribution in [1.82, 2.24) is 25.4 Å². The van der Waals surface area contributed by atoms with Gasteiger partial charge in [-0.1, -0.05) is 12.1 Å². The molecule has 2 heterocycles. The fourth-order valence-corrected chi connectivity index (χ4v) is 3.36. The van der Waals surface area contributed by atoms with Crippen LogP contribution < -0.4 is 10.6 Å². The van der Waals surface area contributed by atoms with Crippen LogP contribution in [0.15, 0.2) is 72.1 Å². The molecule has 0 fully saturated rings. The SMILES string of the molecule is CCNC(=NCc1ccc(-n2cccn2)cc1)NCCc1c[nH]c2ccc(F)cc12. The Bertz CT molecular complexity index is 1110. The molecule has 0 atom stereocenters. The summed E-state index contributed by atoms with van der Waals surface area (Å²) in [6, 6.07) is 14.9. The predicted molar refractivity (Wildman–Crippen MR) is 118 cm³/mol. The van der Waals surface area contributed by atoms with Gasteiger partial charge in [0.05, 0.1) is 12.2 Å². The van der Waals surface area contributed by atoms with Crippen LogP contribution in [-0.2, 0) is 13.0 Å². The third-order valence-corrected chi connectivity index (χ3v) is 4.89. The highest BCUT2D eigenvalue weighted by Gasteiger charge is 2.06. The molecule has 0 aliphatic rings. The minimum absolute atomic E-state index is 0.218. The van der Waals surface area contributed by atoms with Gasteiger partial charge in [-0.2, -0.15) is 5.10 Å². The number of aliphatic imine (C=N–C) groups is 1. The summed E-state index contributed by atoms with van der Waals surface area (Å²) in [7, 11) is 0. The fraction of sp³-hybridized carbons (Fsp3) is 0.217. The van der Waals surface area contributed by atoms with Crippen LogP contribution >= 0.6 is 0 Å². The molecule has 2 aromatic heterocycles. The summed E-state index contributed by atoms with van der Waals surface area (Å²) >= 11 is 0. The average molecular weight is 404 g/mol. The van der Waals surface area contributed by atoms with Crippen LogP contribution in [-0.4, -0.2) is 33.8 Å². The quantitative estimate of drug-likeness (QED) is 0.324. The predicted octanol–water partition coefficient (Wildman–Crippen LogP) is 3.79. The molecule has 30 heavy (non-hydrogen) atoms. The molecule has 6 nitrogen and oxygen atoms in total. The maximum absolute atomic E-state index is 13.5. The first-order chi connectivity index (χ1) is 14.7. The maximum Gasteiger partial charge on any atom is 0.191 e. The minimum atomic E-state index is -0.218. The number of hydrogen-bond acceptors (Lipinski definition) is 2. The molecule has 7 heteroatoms. The highest BCUT2D eigenvalue weighted by atomic mass is 19.1. The third-order valence-electron chi connectivity index (χ3n) is 4.89. The van der Waals surface area contributed by atoms with Gasteiger partial charge in [-0.15, -0.1) is 0 Å². The Morgan fingerprint density at radius 3 is 2.80 bits per heavy atom. The number of rotatable bonds is 7. The molecule has 0 spiro atoms. The topological polar surface area (TPSA) is 70.0 Å². The highest BCUT2D eigenvalue weighted by Crippen LogP contribution is 2.19. The largest absolute Gasteiger partial charge is 0.361 e. The Morgan fingerprint density at radius 1 is 1.17 bits per heavy atom. The zero-order chi connectivity index (χ0) is 20.8. The summed E-state index contributed by atoms with van der Waals surface area (Å²) in [6.45, 7) is 4.10. The van der Waals surface area contributed by atoms with E-state index in [9.17, 15) is 4.39 Å². The normalized spacial score (nSPS) is 11.7. The number of guanidine groups is 1. The van der Waals surface area contributed by atoms with E-state index in [1.54, 1.807) is 18.3 Å². The highest BCUT2D eigenvalue weighted by molar-refractivity contribution is 5.83. The lowest BCUT2D eigenvalue weighted by Gasteiger charge is -2.11. The van der Waals surface area contributed by atoms with Crippen molar-refractivity contribution in [3.8, 4) is 5.69 Å². The second-order valence-corrected chi connectivity index (χ2v) is 6.99. The van der Waals surface area contributed by atoms with Gasteiger partial charge in [0.2, 0.25) is 0 Å². The molecule has 154 valence electrons. The summed E-state index contributed by atoms with van der Waals surface area (Å²) in [6.07, 6.45) is 6.39. The smallest absolute Gasteiger partial charge is 0.191 e. The van der Waals surface area contributed by atoms with Crippen LogP contribution in [0.2, 0.25) is 0 Å². The lowest BCUT2D eigenvalue weighted by molar-refractivity contribution is 0.629. The van der Waals surface area contributed by atoms with Crippen molar-refractivity contribution >= 4 is 16.9 Å². The molecule has 0 unspecified atom stereocenters. The molecule has 0 bridgehead atoms. The monoisotopic (exact) mass is 404 g/mol. The van der Waals surface area contributed by atoms with Crippen molar-refractivity contribution in [1.29, 1.82) is 0 Å². The van der Waals surface area contributed by atoms with E-state index in [0.29, 0.717) is 13.1 Å². The number of aromatic nitrogens is 3. The Morgan fingerprint density at radius 2 is 2.03 bits per heavy atom. The van der Waals surface area contributed by atoms with Gasteiger partial charge in [0.1, 0.15) is 5.82 Å². The van der Waals surface area contributed by atoms with E-state index in [1.165, 1.54) is 6.07 Å². The van der Waals surface area contributed by atoms with Gasteiger partial charge in [0, 0.05) is 42.6 Å². The van der Waals surface area contributed by atoms with E-state index in [0.717, 1.165) is 46.6 Å². The van der Waals surface area contributed by atoms with E-state index in [2.05, 4.69) is 37.8 Å². The molecule has 0 amide bonds. The standard InChI is InChI=1S/C23H25FN6/c1-2-25-23(26-12-10-18-16-27-22-9-6-19(24)14-21(18)22)28-15-17-4-7-20(8-5-17)30-13-3-11-29-30/h3-9,11,13-14,16,27H,2,10,12,15H2,1H3,(H2,25,26,28). The van der Waals surface area contributed by atoms with Crippen molar-refractivity contribution in [3.63, 3.8) is 0 Å². The number of benzene rings is 2. The number of halogens is 1. The van der Waals surface area contributed by atoms with Gasteiger partial charge >= 0.3 is 0 Å². The fourth-order valence-electron chi connectivity index (χ4n) is 3.36. The Labute approximate surface area is 174 Å². The number of aromatic amines is 1. The van der Waals surface area contributed by atoms with Crippen molar-refractivity contribution < 1.29 is 4.39 Å². The van der Waals surface area contributed by atoms with Crippen molar-refractivity contribution in [3.05, 3.63) is 84.1 Å². The molecular formula is C23H25FN6. The first-order valence-corrected chi connectivity index (χ1v) is 10.1. The van der Waals surface area contributed by atoms with Gasteiger partial charge in [-0.25, -0.2) is 14.1 Å². The van der Waals surface area contributed by atoms with E-state index in [-0.39, 0.29) is 5.82 Å². The number of nitrogens with one attached hydrogen (secondary N) is 3. The van der Waals surface area contributed by atoms with E-state index >= 15 is 0 Å². The van der Waals surface area contributed by atoms with Gasteiger partial charge in [0.15, 0.2) is 5.96 Å². The van der Waals surface area contributed by atoms with Crippen molar-refractivity contribution in [2.45, 2.75) is 19.9 Å². The molecular weight excluding hydrogens is 379 g/mol. The second kappa shape index (κ2) is 9.26. The summed E-state index contributed by atoms with van der Waals surface area (Å²) in [5.74, 6) is 0.546. The maximum atomic E-state index is 13.5. The average Bonchev–Trinajstić information content (AvgIpc) is 3.43. The summed E-state index contributed by atoms with van der Waals surface area (Å²) in [4.78, 5) is 7.87.